The molecular weight excluding hydrogens is 406 g/mol. The van der Waals surface area contributed by atoms with Crippen molar-refractivity contribution in [2.45, 2.75) is 20.5 Å². The minimum Gasteiger partial charge on any atom is -0.485 e. The Morgan fingerprint density at radius 1 is 1.07 bits per heavy atom. The fraction of sp³-hybridized carbons (Fsp3) is 0.143. The first kappa shape index (κ1) is 19.7. The number of nitrogens with one attached hydrogen (secondary N) is 1. The summed E-state index contributed by atoms with van der Waals surface area (Å²) in [7, 11) is 0. The lowest BCUT2D eigenvalue weighted by atomic mass is 10.1. The number of fused-ring (bicyclic) bond motifs is 1. The quantitative estimate of drug-likeness (QED) is 0.460. The van der Waals surface area contributed by atoms with E-state index in [-0.39, 0.29) is 12.6 Å². The molecule has 2 heterocycles. The maximum absolute atomic E-state index is 11.6. The standard InChI is InChI=1S/C21H18ClN5O3/c1-11-8-19(28)30-17-9-14(4-5-15(11)17)29-10-18-25-20(23)27-21(26-18)24-13-3-6-16(22)12(2)7-13/h3-9H,10H2,1-2H3,(H3,23,24,25,26,27). The molecule has 0 unspecified atom stereocenters. The number of ether oxygens (including phenoxy) is 1. The van der Waals surface area contributed by atoms with E-state index in [0.717, 1.165) is 22.2 Å². The average molecular weight is 424 g/mol. The molecule has 3 N–H and O–H groups in total. The minimum atomic E-state index is -0.407. The Bertz CT molecular complexity index is 1310. The maximum Gasteiger partial charge on any atom is 0.336 e. The summed E-state index contributed by atoms with van der Waals surface area (Å²) in [6, 6.07) is 12.2. The molecule has 0 radical (unpaired) electrons. The van der Waals surface area contributed by atoms with Gasteiger partial charge in [0.15, 0.2) is 5.82 Å². The molecule has 0 fully saturated rings. The van der Waals surface area contributed by atoms with Gasteiger partial charge >= 0.3 is 5.63 Å². The van der Waals surface area contributed by atoms with E-state index in [1.54, 1.807) is 18.2 Å². The Balaban J connectivity index is 1.53. The smallest absolute Gasteiger partial charge is 0.336 e. The van der Waals surface area contributed by atoms with Crippen molar-refractivity contribution in [1.29, 1.82) is 0 Å². The molecule has 4 aromatic rings. The summed E-state index contributed by atoms with van der Waals surface area (Å²) in [6.45, 7) is 3.81. The van der Waals surface area contributed by atoms with Gasteiger partial charge in [-0.25, -0.2) is 4.79 Å². The van der Waals surface area contributed by atoms with Crippen LogP contribution in [0.2, 0.25) is 5.02 Å². The number of hydrogen-bond acceptors (Lipinski definition) is 8. The van der Waals surface area contributed by atoms with Gasteiger partial charge in [-0.2, -0.15) is 15.0 Å². The normalized spacial score (nSPS) is 10.9. The monoisotopic (exact) mass is 423 g/mol. The number of aryl methyl sites for hydroxylation is 2. The van der Waals surface area contributed by atoms with E-state index in [2.05, 4.69) is 20.3 Å². The van der Waals surface area contributed by atoms with E-state index in [9.17, 15) is 4.79 Å². The predicted octanol–water partition coefficient (Wildman–Crippen LogP) is 4.15. The zero-order valence-corrected chi connectivity index (χ0v) is 17.0. The Kier molecular flexibility index (Phi) is 5.24. The summed E-state index contributed by atoms with van der Waals surface area (Å²) in [5.74, 6) is 1.22. The molecule has 2 aromatic heterocycles. The molecular formula is C21H18ClN5O3. The molecule has 0 atom stereocenters. The number of nitrogens with zero attached hydrogens (tertiary/aromatic N) is 3. The van der Waals surface area contributed by atoms with Crippen LogP contribution in [0, 0.1) is 13.8 Å². The topological polar surface area (TPSA) is 116 Å². The number of rotatable bonds is 5. The zero-order chi connectivity index (χ0) is 21.3. The Morgan fingerprint density at radius 3 is 2.70 bits per heavy atom. The number of aromatic nitrogens is 3. The highest BCUT2D eigenvalue weighted by molar-refractivity contribution is 6.31. The third-order valence-corrected chi connectivity index (χ3v) is 4.83. The van der Waals surface area contributed by atoms with Crippen molar-refractivity contribution in [3.63, 3.8) is 0 Å². The van der Waals surface area contributed by atoms with Crippen LogP contribution < -0.4 is 21.4 Å². The van der Waals surface area contributed by atoms with Crippen LogP contribution >= 0.6 is 11.6 Å². The summed E-state index contributed by atoms with van der Waals surface area (Å²) in [4.78, 5) is 24.2. The average Bonchev–Trinajstić information content (AvgIpc) is 2.68. The van der Waals surface area contributed by atoms with E-state index in [1.807, 2.05) is 32.0 Å². The summed E-state index contributed by atoms with van der Waals surface area (Å²) in [5.41, 5.74) is 8.39. The molecule has 152 valence electrons. The lowest BCUT2D eigenvalue weighted by Crippen LogP contribution is -2.09. The van der Waals surface area contributed by atoms with Crippen molar-refractivity contribution >= 4 is 40.2 Å². The molecule has 0 aliphatic heterocycles. The zero-order valence-electron chi connectivity index (χ0n) is 16.3. The van der Waals surface area contributed by atoms with E-state index in [1.165, 1.54) is 6.07 Å². The van der Waals surface area contributed by atoms with Crippen molar-refractivity contribution in [2.75, 3.05) is 11.1 Å². The number of nitrogen functional groups attached to an aromatic ring is 1. The molecule has 30 heavy (non-hydrogen) atoms. The maximum atomic E-state index is 11.6. The van der Waals surface area contributed by atoms with Crippen molar-refractivity contribution in [1.82, 2.24) is 15.0 Å². The van der Waals surface area contributed by atoms with Crippen LogP contribution in [-0.2, 0) is 6.61 Å². The summed E-state index contributed by atoms with van der Waals surface area (Å²) >= 11 is 6.06. The van der Waals surface area contributed by atoms with Crippen LogP contribution in [0.1, 0.15) is 17.0 Å². The van der Waals surface area contributed by atoms with Gasteiger partial charge in [0, 0.05) is 28.2 Å². The molecule has 0 saturated heterocycles. The lowest BCUT2D eigenvalue weighted by Gasteiger charge is -2.10. The van der Waals surface area contributed by atoms with Crippen LogP contribution in [0.3, 0.4) is 0 Å². The van der Waals surface area contributed by atoms with E-state index >= 15 is 0 Å². The van der Waals surface area contributed by atoms with Gasteiger partial charge in [-0.05, 0) is 55.3 Å². The van der Waals surface area contributed by atoms with Gasteiger partial charge < -0.3 is 20.2 Å². The molecule has 2 aromatic carbocycles. The van der Waals surface area contributed by atoms with Gasteiger partial charge in [-0.1, -0.05) is 11.6 Å². The second-order valence-corrected chi connectivity index (χ2v) is 7.12. The highest BCUT2D eigenvalue weighted by Crippen LogP contribution is 2.24. The number of anilines is 3. The van der Waals surface area contributed by atoms with E-state index in [4.69, 9.17) is 26.5 Å². The molecule has 0 saturated carbocycles. The van der Waals surface area contributed by atoms with Crippen molar-refractivity contribution in [3.8, 4) is 5.75 Å². The van der Waals surface area contributed by atoms with Crippen LogP contribution in [0.5, 0.6) is 5.75 Å². The minimum absolute atomic E-state index is 0.0581. The van der Waals surface area contributed by atoms with E-state index < -0.39 is 5.63 Å². The van der Waals surface area contributed by atoms with Crippen molar-refractivity contribution < 1.29 is 9.15 Å². The lowest BCUT2D eigenvalue weighted by molar-refractivity contribution is 0.296. The molecule has 0 spiro atoms. The van der Waals surface area contributed by atoms with Gasteiger partial charge in [-0.15, -0.1) is 0 Å². The first-order valence-corrected chi connectivity index (χ1v) is 9.46. The number of halogens is 1. The molecule has 4 rings (SSSR count). The summed E-state index contributed by atoms with van der Waals surface area (Å²) in [6.07, 6.45) is 0. The van der Waals surface area contributed by atoms with Crippen LogP contribution in [0.15, 0.2) is 51.7 Å². The largest absolute Gasteiger partial charge is 0.485 e. The summed E-state index contributed by atoms with van der Waals surface area (Å²) < 4.78 is 11.0. The molecule has 0 aliphatic carbocycles. The number of hydrogen-bond donors (Lipinski definition) is 2. The number of nitrogens with two attached hydrogens (primary N) is 1. The van der Waals surface area contributed by atoms with Gasteiger partial charge in [0.1, 0.15) is 17.9 Å². The Hall–Kier alpha value is -3.65. The van der Waals surface area contributed by atoms with E-state index in [0.29, 0.717) is 28.1 Å². The molecule has 0 aliphatic rings. The van der Waals surface area contributed by atoms with Gasteiger partial charge in [0.05, 0.1) is 0 Å². The van der Waals surface area contributed by atoms with Gasteiger partial charge in [0.25, 0.3) is 0 Å². The fourth-order valence-corrected chi connectivity index (χ4v) is 3.07. The summed E-state index contributed by atoms with van der Waals surface area (Å²) in [5, 5.41) is 4.60. The highest BCUT2D eigenvalue weighted by atomic mass is 35.5. The first-order chi connectivity index (χ1) is 14.4. The molecule has 8 nitrogen and oxygen atoms in total. The van der Waals surface area contributed by atoms with Crippen LogP contribution in [0.4, 0.5) is 17.6 Å². The highest BCUT2D eigenvalue weighted by Gasteiger charge is 2.09. The second-order valence-electron chi connectivity index (χ2n) is 6.72. The third-order valence-electron chi connectivity index (χ3n) is 4.40. The SMILES string of the molecule is Cc1cc(Nc2nc(N)nc(COc3ccc4c(C)cc(=O)oc4c3)n2)ccc1Cl. The second kappa shape index (κ2) is 8.00. The molecule has 0 bridgehead atoms. The van der Waals surface area contributed by atoms with Gasteiger partial charge in [-0.3, -0.25) is 0 Å². The van der Waals surface area contributed by atoms with Gasteiger partial charge in [0.2, 0.25) is 11.9 Å². The predicted molar refractivity (Wildman–Crippen MR) is 115 cm³/mol. The third kappa shape index (κ3) is 4.33. The Morgan fingerprint density at radius 2 is 1.90 bits per heavy atom. The van der Waals surface area contributed by atoms with Crippen LogP contribution in [-0.4, -0.2) is 15.0 Å². The first-order valence-electron chi connectivity index (χ1n) is 9.08. The van der Waals surface area contributed by atoms with Crippen molar-refractivity contribution in [3.05, 3.63) is 74.9 Å². The molecule has 0 amide bonds. The molecule has 9 heteroatoms. The van der Waals surface area contributed by atoms with Crippen LogP contribution in [0.25, 0.3) is 11.0 Å². The van der Waals surface area contributed by atoms with Crippen molar-refractivity contribution in [2.24, 2.45) is 0 Å². The number of benzene rings is 2. The Labute approximate surface area is 176 Å². The fourth-order valence-electron chi connectivity index (χ4n) is 2.95.